The first-order valence-corrected chi connectivity index (χ1v) is 5.77. The number of nitrogens with two attached hydrogens (primary N) is 1. The SMILES string of the molecule is CC(Nc1ccc(N)cc1Cl)c1ccccn1. The minimum atomic E-state index is 0.0947. The largest absolute Gasteiger partial charge is 0.399 e. The average molecular weight is 248 g/mol. The molecule has 1 aromatic heterocycles. The summed E-state index contributed by atoms with van der Waals surface area (Å²) in [6, 6.07) is 11.4. The van der Waals surface area contributed by atoms with Crippen molar-refractivity contribution in [1.29, 1.82) is 0 Å². The molecular formula is C13H14ClN3. The van der Waals surface area contributed by atoms with Crippen LogP contribution >= 0.6 is 11.6 Å². The Morgan fingerprint density at radius 3 is 2.76 bits per heavy atom. The van der Waals surface area contributed by atoms with Gasteiger partial charge in [0.1, 0.15) is 0 Å². The summed E-state index contributed by atoms with van der Waals surface area (Å²) in [5, 5.41) is 3.92. The van der Waals surface area contributed by atoms with Crippen molar-refractivity contribution < 1.29 is 0 Å². The molecule has 1 unspecified atom stereocenters. The fourth-order valence-electron chi connectivity index (χ4n) is 1.59. The van der Waals surface area contributed by atoms with Gasteiger partial charge in [-0.25, -0.2) is 0 Å². The minimum absolute atomic E-state index is 0.0947. The Morgan fingerprint density at radius 1 is 1.29 bits per heavy atom. The number of rotatable bonds is 3. The Bertz CT molecular complexity index is 499. The van der Waals surface area contributed by atoms with Gasteiger partial charge in [0.15, 0.2) is 0 Å². The number of nitrogens with zero attached hydrogens (tertiary/aromatic N) is 1. The van der Waals surface area contributed by atoms with E-state index in [2.05, 4.69) is 10.3 Å². The molecule has 0 radical (unpaired) electrons. The van der Waals surface area contributed by atoms with Crippen LogP contribution in [0.3, 0.4) is 0 Å². The van der Waals surface area contributed by atoms with E-state index in [4.69, 9.17) is 17.3 Å². The molecule has 0 aliphatic heterocycles. The fraction of sp³-hybridized carbons (Fsp3) is 0.154. The molecule has 0 saturated heterocycles. The number of aromatic nitrogens is 1. The van der Waals surface area contributed by atoms with Crippen molar-refractivity contribution in [3.05, 3.63) is 53.3 Å². The predicted octanol–water partition coefficient (Wildman–Crippen LogP) is 3.49. The van der Waals surface area contributed by atoms with Crippen LogP contribution in [0.2, 0.25) is 5.02 Å². The molecule has 1 aromatic carbocycles. The van der Waals surface area contributed by atoms with Crippen molar-refractivity contribution in [3.8, 4) is 0 Å². The zero-order chi connectivity index (χ0) is 12.3. The van der Waals surface area contributed by atoms with E-state index in [9.17, 15) is 0 Å². The van der Waals surface area contributed by atoms with Crippen LogP contribution in [0.4, 0.5) is 11.4 Å². The molecule has 0 amide bonds. The van der Waals surface area contributed by atoms with E-state index in [0.29, 0.717) is 10.7 Å². The van der Waals surface area contributed by atoms with Crippen LogP contribution in [0.5, 0.6) is 0 Å². The maximum absolute atomic E-state index is 6.10. The lowest BCUT2D eigenvalue weighted by atomic mass is 10.2. The number of nitrogen functional groups attached to an aromatic ring is 1. The van der Waals surface area contributed by atoms with Gasteiger partial charge in [-0.1, -0.05) is 17.7 Å². The Morgan fingerprint density at radius 2 is 2.12 bits per heavy atom. The molecule has 3 nitrogen and oxygen atoms in total. The van der Waals surface area contributed by atoms with Crippen LogP contribution in [-0.4, -0.2) is 4.98 Å². The Kier molecular flexibility index (Phi) is 3.49. The van der Waals surface area contributed by atoms with E-state index >= 15 is 0 Å². The highest BCUT2D eigenvalue weighted by molar-refractivity contribution is 6.33. The monoisotopic (exact) mass is 247 g/mol. The zero-order valence-corrected chi connectivity index (χ0v) is 10.3. The lowest BCUT2D eigenvalue weighted by molar-refractivity contribution is 0.839. The molecule has 0 spiro atoms. The van der Waals surface area contributed by atoms with Gasteiger partial charge in [0.05, 0.1) is 22.4 Å². The third-order valence-corrected chi connectivity index (χ3v) is 2.81. The molecule has 0 saturated carbocycles. The second-order valence-corrected chi connectivity index (χ2v) is 4.27. The minimum Gasteiger partial charge on any atom is -0.399 e. The summed E-state index contributed by atoms with van der Waals surface area (Å²) >= 11 is 6.10. The van der Waals surface area contributed by atoms with Crippen LogP contribution in [0.25, 0.3) is 0 Å². The Labute approximate surface area is 106 Å². The van der Waals surface area contributed by atoms with E-state index in [0.717, 1.165) is 11.4 Å². The van der Waals surface area contributed by atoms with E-state index < -0.39 is 0 Å². The highest BCUT2D eigenvalue weighted by Gasteiger charge is 2.08. The molecule has 0 aliphatic rings. The first-order chi connectivity index (χ1) is 8.16. The molecule has 4 heteroatoms. The van der Waals surface area contributed by atoms with Crippen LogP contribution in [-0.2, 0) is 0 Å². The molecule has 3 N–H and O–H groups in total. The third-order valence-electron chi connectivity index (χ3n) is 2.50. The molecule has 0 fully saturated rings. The van der Waals surface area contributed by atoms with E-state index in [1.165, 1.54) is 0 Å². The van der Waals surface area contributed by atoms with Gasteiger partial charge in [0, 0.05) is 11.9 Å². The summed E-state index contributed by atoms with van der Waals surface area (Å²) in [5.74, 6) is 0. The van der Waals surface area contributed by atoms with Crippen molar-refractivity contribution in [2.45, 2.75) is 13.0 Å². The summed E-state index contributed by atoms with van der Waals surface area (Å²) in [6.07, 6.45) is 1.78. The summed E-state index contributed by atoms with van der Waals surface area (Å²) in [7, 11) is 0. The average Bonchev–Trinajstić information content (AvgIpc) is 2.34. The van der Waals surface area contributed by atoms with Gasteiger partial charge in [-0.3, -0.25) is 4.98 Å². The molecule has 88 valence electrons. The maximum Gasteiger partial charge on any atom is 0.0658 e. The number of anilines is 2. The summed E-state index contributed by atoms with van der Waals surface area (Å²) in [5.41, 5.74) is 8.14. The highest BCUT2D eigenvalue weighted by atomic mass is 35.5. The number of halogens is 1. The van der Waals surface area contributed by atoms with Crippen molar-refractivity contribution in [3.63, 3.8) is 0 Å². The Balaban J connectivity index is 2.16. The topological polar surface area (TPSA) is 50.9 Å². The maximum atomic E-state index is 6.10. The first kappa shape index (κ1) is 11.7. The quantitative estimate of drug-likeness (QED) is 0.817. The lowest BCUT2D eigenvalue weighted by Gasteiger charge is -2.15. The second kappa shape index (κ2) is 5.06. The normalized spacial score (nSPS) is 12.1. The summed E-state index contributed by atoms with van der Waals surface area (Å²) < 4.78 is 0. The number of hydrogen-bond donors (Lipinski definition) is 2. The molecule has 0 bridgehead atoms. The van der Waals surface area contributed by atoms with Gasteiger partial charge < -0.3 is 11.1 Å². The molecule has 2 rings (SSSR count). The van der Waals surface area contributed by atoms with Gasteiger partial charge in [0.25, 0.3) is 0 Å². The number of nitrogens with one attached hydrogen (secondary N) is 1. The first-order valence-electron chi connectivity index (χ1n) is 5.39. The van der Waals surface area contributed by atoms with E-state index in [1.54, 1.807) is 12.3 Å². The van der Waals surface area contributed by atoms with Gasteiger partial charge in [0.2, 0.25) is 0 Å². The number of pyridine rings is 1. The van der Waals surface area contributed by atoms with Gasteiger partial charge in [-0.15, -0.1) is 0 Å². The van der Waals surface area contributed by atoms with Gasteiger partial charge in [-0.2, -0.15) is 0 Å². The molecule has 1 heterocycles. The third kappa shape index (κ3) is 2.88. The van der Waals surface area contributed by atoms with Crippen LogP contribution < -0.4 is 11.1 Å². The standard InChI is InChI=1S/C13H14ClN3/c1-9(12-4-2-3-7-16-12)17-13-6-5-10(15)8-11(13)14/h2-9,17H,15H2,1H3. The summed E-state index contributed by atoms with van der Waals surface area (Å²) in [6.45, 7) is 2.04. The van der Waals surface area contributed by atoms with Crippen molar-refractivity contribution in [2.75, 3.05) is 11.1 Å². The van der Waals surface area contributed by atoms with Gasteiger partial charge in [-0.05, 0) is 37.3 Å². The van der Waals surface area contributed by atoms with Crippen LogP contribution in [0.1, 0.15) is 18.7 Å². The van der Waals surface area contributed by atoms with E-state index in [1.807, 2.05) is 37.3 Å². The molecule has 17 heavy (non-hydrogen) atoms. The van der Waals surface area contributed by atoms with Gasteiger partial charge >= 0.3 is 0 Å². The second-order valence-electron chi connectivity index (χ2n) is 3.86. The van der Waals surface area contributed by atoms with Crippen molar-refractivity contribution >= 4 is 23.0 Å². The Hall–Kier alpha value is -1.74. The molecule has 2 aromatic rings. The zero-order valence-electron chi connectivity index (χ0n) is 9.52. The highest BCUT2D eigenvalue weighted by Crippen LogP contribution is 2.27. The lowest BCUT2D eigenvalue weighted by Crippen LogP contribution is -2.08. The van der Waals surface area contributed by atoms with E-state index in [-0.39, 0.29) is 6.04 Å². The van der Waals surface area contributed by atoms with Crippen molar-refractivity contribution in [2.24, 2.45) is 0 Å². The number of benzene rings is 1. The smallest absolute Gasteiger partial charge is 0.0658 e. The van der Waals surface area contributed by atoms with Crippen LogP contribution in [0.15, 0.2) is 42.6 Å². The fourth-order valence-corrected chi connectivity index (χ4v) is 1.83. The molecule has 1 atom stereocenters. The predicted molar refractivity (Wildman–Crippen MR) is 72.1 cm³/mol. The van der Waals surface area contributed by atoms with Crippen LogP contribution in [0, 0.1) is 0 Å². The summed E-state index contributed by atoms with van der Waals surface area (Å²) in [4.78, 5) is 4.29. The molecular weight excluding hydrogens is 234 g/mol. The number of hydrogen-bond acceptors (Lipinski definition) is 3. The molecule has 0 aliphatic carbocycles. The van der Waals surface area contributed by atoms with Crippen molar-refractivity contribution in [1.82, 2.24) is 4.98 Å².